The Kier molecular flexibility index (Phi) is 3.48. The predicted molar refractivity (Wildman–Crippen MR) is 91.6 cm³/mol. The quantitative estimate of drug-likeness (QED) is 0.887. The van der Waals surface area contributed by atoms with Crippen molar-refractivity contribution in [3.8, 4) is 0 Å². The molecule has 2 N–H and O–H groups in total. The van der Waals surface area contributed by atoms with Crippen LogP contribution in [0.4, 0.5) is 5.69 Å². The molecule has 1 saturated heterocycles. The Hall–Kier alpha value is -2.50. The van der Waals surface area contributed by atoms with Crippen molar-refractivity contribution in [2.45, 2.75) is 31.7 Å². The number of H-pyrrole nitrogens is 1. The third-order valence-electron chi connectivity index (χ3n) is 5.19. The van der Waals surface area contributed by atoms with Crippen LogP contribution < -0.4 is 4.90 Å². The standard InChI is InChI=1S/C18H21N3O3/c1-20-8-2-4-14-16(20)12-10-11(6-7-13(12)19-14)17(22)21-9-3-5-15(21)18(23)24/h6-7,10,15,19H,2-5,8-9H2,1H3,(H,23,24). The number of benzene rings is 1. The molecule has 0 radical (unpaired) electrons. The number of likely N-dealkylation sites (tertiary alicyclic amines) is 1. The van der Waals surface area contributed by atoms with Crippen molar-refractivity contribution in [1.29, 1.82) is 0 Å². The lowest BCUT2D eigenvalue weighted by molar-refractivity contribution is -0.141. The first kappa shape index (κ1) is 15.1. The highest BCUT2D eigenvalue weighted by atomic mass is 16.4. The van der Waals surface area contributed by atoms with Crippen molar-refractivity contribution in [1.82, 2.24) is 9.88 Å². The van der Waals surface area contributed by atoms with E-state index in [9.17, 15) is 14.7 Å². The molecule has 0 saturated carbocycles. The van der Waals surface area contributed by atoms with E-state index in [1.807, 2.05) is 12.1 Å². The number of fused-ring (bicyclic) bond motifs is 3. The molecule has 4 rings (SSSR count). The van der Waals surface area contributed by atoms with Crippen molar-refractivity contribution in [3.05, 3.63) is 29.5 Å². The van der Waals surface area contributed by atoms with Crippen LogP contribution in [0.2, 0.25) is 0 Å². The fourth-order valence-electron chi connectivity index (χ4n) is 4.02. The number of aromatic nitrogens is 1. The van der Waals surface area contributed by atoms with Gasteiger partial charge in [-0.25, -0.2) is 4.79 Å². The Balaban J connectivity index is 1.74. The van der Waals surface area contributed by atoms with Crippen LogP contribution in [-0.2, 0) is 11.2 Å². The van der Waals surface area contributed by atoms with E-state index in [2.05, 4.69) is 16.9 Å². The molecule has 1 amide bonds. The summed E-state index contributed by atoms with van der Waals surface area (Å²) in [6, 6.07) is 4.94. The monoisotopic (exact) mass is 327 g/mol. The highest BCUT2D eigenvalue weighted by molar-refractivity contribution is 6.03. The summed E-state index contributed by atoms with van der Waals surface area (Å²) in [5, 5.41) is 10.4. The lowest BCUT2D eigenvalue weighted by Gasteiger charge is -2.25. The van der Waals surface area contributed by atoms with Gasteiger partial charge in [0.05, 0.1) is 5.69 Å². The second kappa shape index (κ2) is 5.54. The molecule has 24 heavy (non-hydrogen) atoms. The number of amides is 1. The minimum Gasteiger partial charge on any atom is -0.480 e. The molecule has 3 heterocycles. The number of hydrogen-bond donors (Lipinski definition) is 2. The highest BCUT2D eigenvalue weighted by Crippen LogP contribution is 2.35. The smallest absolute Gasteiger partial charge is 0.326 e. The summed E-state index contributed by atoms with van der Waals surface area (Å²) in [6.45, 7) is 1.52. The molecule has 126 valence electrons. The van der Waals surface area contributed by atoms with Crippen molar-refractivity contribution in [2.24, 2.45) is 0 Å². The molecular weight excluding hydrogens is 306 g/mol. The topological polar surface area (TPSA) is 76.6 Å². The number of hydrogen-bond acceptors (Lipinski definition) is 3. The maximum absolute atomic E-state index is 12.8. The van der Waals surface area contributed by atoms with Gasteiger partial charge in [-0.15, -0.1) is 0 Å². The Morgan fingerprint density at radius 3 is 2.88 bits per heavy atom. The zero-order chi connectivity index (χ0) is 16.8. The number of carboxylic acids is 1. The molecule has 0 bridgehead atoms. The predicted octanol–water partition coefficient (Wildman–Crippen LogP) is 2.24. The molecule has 0 spiro atoms. The van der Waals surface area contributed by atoms with E-state index in [0.717, 1.165) is 36.7 Å². The Morgan fingerprint density at radius 1 is 1.25 bits per heavy atom. The number of aryl methyl sites for hydroxylation is 1. The first-order chi connectivity index (χ1) is 11.6. The molecule has 1 aromatic carbocycles. The minimum absolute atomic E-state index is 0.185. The largest absolute Gasteiger partial charge is 0.480 e. The number of carbonyl (C=O) groups is 2. The van der Waals surface area contributed by atoms with E-state index in [1.165, 1.54) is 16.3 Å². The number of anilines is 1. The first-order valence-corrected chi connectivity index (χ1v) is 8.46. The Labute approximate surface area is 140 Å². The first-order valence-electron chi connectivity index (χ1n) is 8.46. The molecule has 2 aliphatic rings. The molecule has 1 atom stereocenters. The second-order valence-corrected chi connectivity index (χ2v) is 6.73. The number of nitrogens with zero attached hydrogens (tertiary/aromatic N) is 2. The van der Waals surface area contributed by atoms with Crippen LogP contribution in [0.15, 0.2) is 18.2 Å². The fourth-order valence-corrected chi connectivity index (χ4v) is 4.02. The van der Waals surface area contributed by atoms with Gasteiger partial charge in [0.1, 0.15) is 6.04 Å². The van der Waals surface area contributed by atoms with E-state index < -0.39 is 12.0 Å². The van der Waals surface area contributed by atoms with Gasteiger partial charge in [0.25, 0.3) is 5.91 Å². The number of aromatic amines is 1. The molecule has 6 nitrogen and oxygen atoms in total. The average molecular weight is 327 g/mol. The average Bonchev–Trinajstić information content (AvgIpc) is 3.18. The van der Waals surface area contributed by atoms with Gasteiger partial charge in [0, 0.05) is 42.3 Å². The van der Waals surface area contributed by atoms with Gasteiger partial charge in [0.15, 0.2) is 0 Å². The van der Waals surface area contributed by atoms with Gasteiger partial charge in [-0.05, 0) is 43.9 Å². The van der Waals surface area contributed by atoms with Crippen molar-refractivity contribution < 1.29 is 14.7 Å². The SMILES string of the molecule is CN1CCCc2[nH]c3ccc(C(=O)N4CCCC4C(=O)O)cc3c21. The van der Waals surface area contributed by atoms with Crippen LogP contribution in [-0.4, -0.2) is 53.0 Å². The van der Waals surface area contributed by atoms with Crippen LogP contribution in [0, 0.1) is 0 Å². The molecule has 0 aliphatic carbocycles. The Morgan fingerprint density at radius 2 is 2.08 bits per heavy atom. The van der Waals surface area contributed by atoms with Gasteiger partial charge in [0.2, 0.25) is 0 Å². The van der Waals surface area contributed by atoms with Gasteiger partial charge in [-0.3, -0.25) is 4.79 Å². The number of carboxylic acid groups (broad SMARTS) is 1. The Bertz CT molecular complexity index is 826. The van der Waals surface area contributed by atoms with Crippen LogP contribution in [0.5, 0.6) is 0 Å². The van der Waals surface area contributed by atoms with Crippen LogP contribution >= 0.6 is 0 Å². The normalized spacial score (nSPS) is 20.5. The highest BCUT2D eigenvalue weighted by Gasteiger charge is 2.34. The summed E-state index contributed by atoms with van der Waals surface area (Å²) in [7, 11) is 2.07. The summed E-state index contributed by atoms with van der Waals surface area (Å²) in [6.07, 6.45) is 3.42. The molecule has 1 unspecified atom stereocenters. The maximum Gasteiger partial charge on any atom is 0.326 e. The fraction of sp³-hybridized carbons (Fsp3) is 0.444. The van der Waals surface area contributed by atoms with Crippen LogP contribution in [0.1, 0.15) is 35.3 Å². The van der Waals surface area contributed by atoms with E-state index in [1.54, 1.807) is 6.07 Å². The summed E-state index contributed by atoms with van der Waals surface area (Å²) >= 11 is 0. The van der Waals surface area contributed by atoms with E-state index in [0.29, 0.717) is 18.5 Å². The molecule has 1 fully saturated rings. The lowest BCUT2D eigenvalue weighted by Crippen LogP contribution is -2.40. The number of rotatable bonds is 2. The van der Waals surface area contributed by atoms with Gasteiger partial charge in [-0.1, -0.05) is 0 Å². The summed E-state index contributed by atoms with van der Waals surface area (Å²) in [4.78, 5) is 31.3. The minimum atomic E-state index is -0.916. The number of carbonyl (C=O) groups excluding carboxylic acids is 1. The van der Waals surface area contributed by atoms with Crippen molar-refractivity contribution >= 4 is 28.5 Å². The van der Waals surface area contributed by atoms with E-state index in [4.69, 9.17) is 0 Å². The summed E-state index contributed by atoms with van der Waals surface area (Å²) in [5.41, 5.74) is 3.98. The van der Waals surface area contributed by atoms with Gasteiger partial charge >= 0.3 is 5.97 Å². The third kappa shape index (κ3) is 2.25. The zero-order valence-electron chi connectivity index (χ0n) is 13.7. The van der Waals surface area contributed by atoms with Gasteiger partial charge in [-0.2, -0.15) is 0 Å². The molecule has 2 aromatic rings. The number of nitrogens with one attached hydrogen (secondary N) is 1. The van der Waals surface area contributed by atoms with Gasteiger partial charge < -0.3 is 19.9 Å². The second-order valence-electron chi connectivity index (χ2n) is 6.73. The summed E-state index contributed by atoms with van der Waals surface area (Å²) < 4.78 is 0. The maximum atomic E-state index is 12.8. The number of aliphatic carboxylic acids is 1. The van der Waals surface area contributed by atoms with Crippen molar-refractivity contribution in [3.63, 3.8) is 0 Å². The third-order valence-corrected chi connectivity index (χ3v) is 5.19. The zero-order valence-corrected chi connectivity index (χ0v) is 13.7. The molecule has 1 aromatic heterocycles. The van der Waals surface area contributed by atoms with Crippen molar-refractivity contribution in [2.75, 3.05) is 25.0 Å². The summed E-state index contributed by atoms with van der Waals surface area (Å²) in [5.74, 6) is -1.10. The molecule has 2 aliphatic heterocycles. The van der Waals surface area contributed by atoms with Crippen LogP contribution in [0.25, 0.3) is 10.9 Å². The molecule has 6 heteroatoms. The van der Waals surface area contributed by atoms with Crippen LogP contribution in [0.3, 0.4) is 0 Å². The van der Waals surface area contributed by atoms with E-state index in [-0.39, 0.29) is 5.91 Å². The van der Waals surface area contributed by atoms with E-state index >= 15 is 0 Å². The molecular formula is C18H21N3O3. The lowest BCUT2D eigenvalue weighted by atomic mass is 10.1.